The van der Waals surface area contributed by atoms with Crippen LogP contribution in [0.4, 0.5) is 0 Å². The maximum Gasteiger partial charge on any atom is 0.304 e. The second kappa shape index (κ2) is 5.96. The molecular weight excluding hydrogens is 272 g/mol. The zero-order chi connectivity index (χ0) is 12.1. The van der Waals surface area contributed by atoms with Gasteiger partial charge in [-0.25, -0.2) is 0 Å². The molecule has 16 heavy (non-hydrogen) atoms. The molecule has 2 atom stereocenters. The lowest BCUT2D eigenvalue weighted by molar-refractivity contribution is -0.137. The molecule has 0 saturated carbocycles. The molecule has 0 saturated heterocycles. The number of nitrogens with zero attached hydrogens (tertiary/aromatic N) is 1. The molecule has 2 unspecified atom stereocenters. The number of carboxylic acid groups (broad SMARTS) is 1. The van der Waals surface area contributed by atoms with Gasteiger partial charge in [-0.3, -0.25) is 9.78 Å². The molecule has 0 radical (unpaired) electrons. The van der Waals surface area contributed by atoms with Crippen LogP contribution < -0.4 is 5.73 Å². The molecule has 4 nitrogen and oxygen atoms in total. The van der Waals surface area contributed by atoms with Gasteiger partial charge in [0.05, 0.1) is 6.42 Å². The maximum absolute atomic E-state index is 10.8. The average Bonchev–Trinajstić information content (AvgIpc) is 2.26. The van der Waals surface area contributed by atoms with Crippen LogP contribution in [0.5, 0.6) is 0 Å². The van der Waals surface area contributed by atoms with Crippen LogP contribution in [0.2, 0.25) is 0 Å². The van der Waals surface area contributed by atoms with E-state index >= 15 is 0 Å². The first-order valence-corrected chi connectivity index (χ1v) is 5.92. The second-order valence-corrected chi connectivity index (χ2v) is 4.59. The zero-order valence-corrected chi connectivity index (χ0v) is 10.6. The Labute approximate surface area is 103 Å². The molecule has 88 valence electrons. The Hall–Kier alpha value is -0.940. The summed E-state index contributed by atoms with van der Waals surface area (Å²) in [5.74, 6) is -1.07. The number of aromatic nitrogens is 1. The Balaban J connectivity index is 2.91. The minimum absolute atomic E-state index is 0.0175. The number of halogens is 1. The van der Waals surface area contributed by atoms with Crippen molar-refractivity contribution in [3.63, 3.8) is 0 Å². The Morgan fingerprint density at radius 2 is 2.31 bits per heavy atom. The van der Waals surface area contributed by atoms with E-state index in [1.165, 1.54) is 0 Å². The van der Waals surface area contributed by atoms with Gasteiger partial charge in [0, 0.05) is 28.3 Å². The van der Waals surface area contributed by atoms with E-state index in [1.54, 1.807) is 6.20 Å². The summed E-state index contributed by atoms with van der Waals surface area (Å²) in [7, 11) is 0. The predicted molar refractivity (Wildman–Crippen MR) is 65.2 cm³/mol. The molecule has 0 amide bonds. The molecule has 0 aromatic carbocycles. The second-order valence-electron chi connectivity index (χ2n) is 3.68. The minimum Gasteiger partial charge on any atom is -0.481 e. The Kier molecular flexibility index (Phi) is 4.89. The SMILES string of the molecule is CCC(N)C(CC(=O)O)c1ccc(Br)cn1. The number of pyridine rings is 1. The van der Waals surface area contributed by atoms with E-state index in [9.17, 15) is 4.79 Å². The van der Waals surface area contributed by atoms with Gasteiger partial charge in [0.15, 0.2) is 0 Å². The molecule has 0 fully saturated rings. The summed E-state index contributed by atoms with van der Waals surface area (Å²) in [4.78, 5) is 15.0. The molecule has 1 rings (SSSR count). The molecular formula is C11H15BrN2O2. The predicted octanol–water partition coefficient (Wildman–Crippen LogP) is 2.14. The van der Waals surface area contributed by atoms with Crippen LogP contribution in [0.25, 0.3) is 0 Å². The van der Waals surface area contributed by atoms with E-state index in [4.69, 9.17) is 10.8 Å². The lowest BCUT2D eigenvalue weighted by Gasteiger charge is -2.20. The van der Waals surface area contributed by atoms with Crippen LogP contribution >= 0.6 is 15.9 Å². The average molecular weight is 287 g/mol. The molecule has 3 N–H and O–H groups in total. The number of carbonyl (C=O) groups is 1. The summed E-state index contributed by atoms with van der Waals surface area (Å²) < 4.78 is 0.871. The minimum atomic E-state index is -0.849. The van der Waals surface area contributed by atoms with E-state index < -0.39 is 5.97 Å². The Morgan fingerprint density at radius 3 is 2.75 bits per heavy atom. The number of hydrogen-bond acceptors (Lipinski definition) is 3. The molecule has 0 aliphatic carbocycles. The first kappa shape index (κ1) is 13.1. The van der Waals surface area contributed by atoms with Crippen molar-refractivity contribution in [2.75, 3.05) is 0 Å². The van der Waals surface area contributed by atoms with E-state index in [-0.39, 0.29) is 18.4 Å². The lowest BCUT2D eigenvalue weighted by Crippen LogP contribution is -2.30. The third kappa shape index (κ3) is 3.57. The summed E-state index contributed by atoms with van der Waals surface area (Å²) >= 11 is 3.29. The fourth-order valence-corrected chi connectivity index (χ4v) is 1.79. The number of aliphatic carboxylic acids is 1. The monoisotopic (exact) mass is 286 g/mol. The van der Waals surface area contributed by atoms with Crippen LogP contribution in [0.1, 0.15) is 31.4 Å². The first-order chi connectivity index (χ1) is 7.54. The van der Waals surface area contributed by atoms with Gasteiger partial charge in [-0.1, -0.05) is 6.92 Å². The standard InChI is InChI=1S/C11H15BrN2O2/c1-2-9(13)8(5-11(15)16)10-4-3-7(12)6-14-10/h3-4,6,8-9H,2,5,13H2,1H3,(H,15,16). The summed E-state index contributed by atoms with van der Waals surface area (Å²) in [5.41, 5.74) is 6.66. The lowest BCUT2D eigenvalue weighted by atomic mass is 9.91. The topological polar surface area (TPSA) is 76.2 Å². The van der Waals surface area contributed by atoms with Crippen LogP contribution in [0, 0.1) is 0 Å². The number of carboxylic acids is 1. The summed E-state index contributed by atoms with van der Waals surface area (Å²) in [6.45, 7) is 1.94. The zero-order valence-electron chi connectivity index (χ0n) is 9.06. The Morgan fingerprint density at radius 1 is 1.62 bits per heavy atom. The van der Waals surface area contributed by atoms with Crippen LogP contribution in [-0.2, 0) is 4.79 Å². The van der Waals surface area contributed by atoms with Crippen molar-refractivity contribution < 1.29 is 9.90 Å². The quantitative estimate of drug-likeness (QED) is 0.870. The smallest absolute Gasteiger partial charge is 0.304 e. The van der Waals surface area contributed by atoms with Gasteiger partial charge < -0.3 is 10.8 Å². The summed E-state index contributed by atoms with van der Waals surface area (Å²) in [6.07, 6.45) is 2.41. The van der Waals surface area contributed by atoms with Gasteiger partial charge in [-0.2, -0.15) is 0 Å². The molecule has 1 aromatic rings. The molecule has 0 aliphatic rings. The number of rotatable bonds is 5. The molecule has 1 aromatic heterocycles. The summed E-state index contributed by atoms with van der Waals surface area (Å²) in [5, 5.41) is 8.85. The van der Waals surface area contributed by atoms with Crippen molar-refractivity contribution in [2.24, 2.45) is 5.73 Å². The molecule has 1 heterocycles. The highest BCUT2D eigenvalue weighted by Crippen LogP contribution is 2.23. The van der Waals surface area contributed by atoms with E-state index in [1.807, 2.05) is 19.1 Å². The third-order valence-electron chi connectivity index (χ3n) is 2.51. The largest absolute Gasteiger partial charge is 0.481 e. The van der Waals surface area contributed by atoms with Crippen molar-refractivity contribution in [2.45, 2.75) is 31.7 Å². The maximum atomic E-state index is 10.8. The normalized spacial score (nSPS) is 14.4. The Bertz CT molecular complexity index is 354. The van der Waals surface area contributed by atoms with Crippen molar-refractivity contribution in [3.05, 3.63) is 28.5 Å². The molecule has 0 bridgehead atoms. The fraction of sp³-hybridized carbons (Fsp3) is 0.455. The van der Waals surface area contributed by atoms with Crippen molar-refractivity contribution in [1.29, 1.82) is 0 Å². The highest BCUT2D eigenvalue weighted by atomic mass is 79.9. The van der Waals surface area contributed by atoms with Gasteiger partial charge >= 0.3 is 5.97 Å². The van der Waals surface area contributed by atoms with Crippen LogP contribution in [0.3, 0.4) is 0 Å². The first-order valence-electron chi connectivity index (χ1n) is 5.13. The van der Waals surface area contributed by atoms with Crippen LogP contribution in [-0.4, -0.2) is 22.1 Å². The van der Waals surface area contributed by atoms with E-state index in [0.29, 0.717) is 0 Å². The van der Waals surface area contributed by atoms with Crippen molar-refractivity contribution in [3.8, 4) is 0 Å². The van der Waals surface area contributed by atoms with Gasteiger partial charge in [0.2, 0.25) is 0 Å². The van der Waals surface area contributed by atoms with Crippen LogP contribution in [0.15, 0.2) is 22.8 Å². The fourth-order valence-electron chi connectivity index (χ4n) is 1.55. The number of hydrogen-bond donors (Lipinski definition) is 2. The van der Waals surface area contributed by atoms with Gasteiger partial charge in [-0.05, 0) is 34.5 Å². The number of nitrogens with two attached hydrogens (primary N) is 1. The molecule has 0 aliphatic heterocycles. The van der Waals surface area contributed by atoms with Gasteiger partial charge in [0.1, 0.15) is 0 Å². The van der Waals surface area contributed by atoms with E-state index in [2.05, 4.69) is 20.9 Å². The van der Waals surface area contributed by atoms with E-state index in [0.717, 1.165) is 16.6 Å². The molecule has 5 heteroatoms. The summed E-state index contributed by atoms with van der Waals surface area (Å²) in [6, 6.07) is 3.48. The van der Waals surface area contributed by atoms with Crippen molar-refractivity contribution >= 4 is 21.9 Å². The van der Waals surface area contributed by atoms with Gasteiger partial charge in [-0.15, -0.1) is 0 Å². The third-order valence-corrected chi connectivity index (χ3v) is 2.98. The van der Waals surface area contributed by atoms with Gasteiger partial charge in [0.25, 0.3) is 0 Å². The van der Waals surface area contributed by atoms with Crippen molar-refractivity contribution in [1.82, 2.24) is 4.98 Å². The highest BCUT2D eigenvalue weighted by Gasteiger charge is 2.22. The highest BCUT2D eigenvalue weighted by molar-refractivity contribution is 9.10. The molecule has 0 spiro atoms.